The van der Waals surface area contributed by atoms with Crippen molar-refractivity contribution in [2.24, 2.45) is 0 Å². The van der Waals surface area contributed by atoms with E-state index >= 15 is 0 Å². The molecule has 1 aliphatic heterocycles. The van der Waals surface area contributed by atoms with Gasteiger partial charge in [-0.3, -0.25) is 14.4 Å². The summed E-state index contributed by atoms with van der Waals surface area (Å²) in [5, 5.41) is 2.68. The number of carbonyl (C=O) groups is 3. The van der Waals surface area contributed by atoms with Crippen LogP contribution >= 0.6 is 0 Å². The van der Waals surface area contributed by atoms with Crippen LogP contribution in [0.25, 0.3) is 0 Å². The van der Waals surface area contributed by atoms with E-state index in [2.05, 4.69) is 5.32 Å². The molecule has 1 heterocycles. The van der Waals surface area contributed by atoms with Gasteiger partial charge in [0, 0.05) is 49.9 Å². The summed E-state index contributed by atoms with van der Waals surface area (Å²) >= 11 is 0. The zero-order chi connectivity index (χ0) is 19.4. The Morgan fingerprint density at radius 1 is 0.741 bits per heavy atom. The summed E-state index contributed by atoms with van der Waals surface area (Å²) in [5.41, 5.74) is 3.02. The molecular formula is C21H23N3O3. The average Bonchev–Trinajstić information content (AvgIpc) is 2.68. The Morgan fingerprint density at radius 2 is 1.15 bits per heavy atom. The predicted molar refractivity (Wildman–Crippen MR) is 104 cm³/mol. The van der Waals surface area contributed by atoms with Crippen LogP contribution in [0.3, 0.4) is 0 Å². The highest BCUT2D eigenvalue weighted by molar-refractivity contribution is 5.96. The molecule has 1 N–H and O–H groups in total. The van der Waals surface area contributed by atoms with Crippen molar-refractivity contribution in [3.05, 3.63) is 65.2 Å². The fourth-order valence-electron chi connectivity index (χ4n) is 3.07. The third kappa shape index (κ3) is 4.53. The molecule has 6 nitrogen and oxygen atoms in total. The van der Waals surface area contributed by atoms with Gasteiger partial charge in [0.25, 0.3) is 11.8 Å². The largest absolute Gasteiger partial charge is 0.335 e. The monoisotopic (exact) mass is 365 g/mol. The first-order valence-corrected chi connectivity index (χ1v) is 8.97. The van der Waals surface area contributed by atoms with Crippen LogP contribution in [0.2, 0.25) is 0 Å². The summed E-state index contributed by atoms with van der Waals surface area (Å²) < 4.78 is 0. The van der Waals surface area contributed by atoms with E-state index in [9.17, 15) is 14.4 Å². The molecule has 0 aromatic heterocycles. The van der Waals surface area contributed by atoms with Crippen LogP contribution in [-0.2, 0) is 4.79 Å². The fraction of sp³-hybridized carbons (Fsp3) is 0.286. The first-order valence-electron chi connectivity index (χ1n) is 8.97. The predicted octanol–water partition coefficient (Wildman–Crippen LogP) is 2.55. The van der Waals surface area contributed by atoms with Crippen LogP contribution in [-0.4, -0.2) is 53.7 Å². The number of hydrogen-bond donors (Lipinski definition) is 1. The van der Waals surface area contributed by atoms with Gasteiger partial charge in [-0.1, -0.05) is 17.7 Å². The second-order valence-corrected chi connectivity index (χ2v) is 6.71. The molecule has 0 unspecified atom stereocenters. The number of amides is 3. The molecule has 2 aromatic carbocycles. The van der Waals surface area contributed by atoms with E-state index in [1.54, 1.807) is 34.1 Å². The molecule has 1 fully saturated rings. The Kier molecular flexibility index (Phi) is 5.54. The topological polar surface area (TPSA) is 69.7 Å². The molecule has 0 atom stereocenters. The van der Waals surface area contributed by atoms with Crippen molar-refractivity contribution in [2.45, 2.75) is 13.8 Å². The standard InChI is InChI=1S/C21H23N3O3/c1-15-3-5-17(6-4-15)20(26)23-11-13-24(14-12-23)21(27)18-7-9-19(10-8-18)22-16(2)25/h3-10H,11-14H2,1-2H3,(H,22,25). The smallest absolute Gasteiger partial charge is 0.253 e. The second-order valence-electron chi connectivity index (χ2n) is 6.71. The van der Waals surface area contributed by atoms with E-state index < -0.39 is 0 Å². The minimum absolute atomic E-state index is 0.00163. The van der Waals surface area contributed by atoms with Gasteiger partial charge in [0.05, 0.1) is 0 Å². The van der Waals surface area contributed by atoms with Crippen molar-refractivity contribution < 1.29 is 14.4 Å². The Bertz CT molecular complexity index is 836. The minimum Gasteiger partial charge on any atom is -0.335 e. The Hall–Kier alpha value is -3.15. The zero-order valence-corrected chi connectivity index (χ0v) is 15.6. The minimum atomic E-state index is -0.150. The molecule has 3 rings (SSSR count). The maximum absolute atomic E-state index is 12.7. The molecule has 27 heavy (non-hydrogen) atoms. The van der Waals surface area contributed by atoms with Crippen molar-refractivity contribution in [1.82, 2.24) is 9.80 Å². The summed E-state index contributed by atoms with van der Waals surface area (Å²) in [6.07, 6.45) is 0. The van der Waals surface area contributed by atoms with Crippen molar-refractivity contribution in [2.75, 3.05) is 31.5 Å². The van der Waals surface area contributed by atoms with Crippen LogP contribution in [0.5, 0.6) is 0 Å². The van der Waals surface area contributed by atoms with Gasteiger partial charge in [-0.05, 0) is 43.3 Å². The highest BCUT2D eigenvalue weighted by Crippen LogP contribution is 2.15. The van der Waals surface area contributed by atoms with Crippen LogP contribution < -0.4 is 5.32 Å². The number of nitrogens with one attached hydrogen (secondary N) is 1. The van der Waals surface area contributed by atoms with E-state index in [0.29, 0.717) is 43.0 Å². The molecule has 1 saturated heterocycles. The number of benzene rings is 2. The van der Waals surface area contributed by atoms with Crippen LogP contribution in [0.1, 0.15) is 33.2 Å². The number of hydrogen-bond acceptors (Lipinski definition) is 3. The third-order valence-corrected chi connectivity index (χ3v) is 4.60. The van der Waals surface area contributed by atoms with E-state index in [4.69, 9.17) is 0 Å². The average molecular weight is 365 g/mol. The van der Waals surface area contributed by atoms with Crippen molar-refractivity contribution in [3.63, 3.8) is 0 Å². The van der Waals surface area contributed by atoms with Gasteiger partial charge in [0.2, 0.25) is 5.91 Å². The van der Waals surface area contributed by atoms with E-state index in [0.717, 1.165) is 5.56 Å². The van der Waals surface area contributed by atoms with Crippen LogP contribution in [0.4, 0.5) is 5.69 Å². The molecule has 3 amide bonds. The number of piperazine rings is 1. The second kappa shape index (κ2) is 8.03. The number of rotatable bonds is 3. The summed E-state index contributed by atoms with van der Waals surface area (Å²) in [6.45, 7) is 5.47. The van der Waals surface area contributed by atoms with Crippen LogP contribution in [0, 0.1) is 6.92 Å². The van der Waals surface area contributed by atoms with Gasteiger partial charge in [-0.15, -0.1) is 0 Å². The maximum Gasteiger partial charge on any atom is 0.253 e. The van der Waals surface area contributed by atoms with Gasteiger partial charge in [0.15, 0.2) is 0 Å². The van der Waals surface area contributed by atoms with Crippen LogP contribution in [0.15, 0.2) is 48.5 Å². The highest BCUT2D eigenvalue weighted by Gasteiger charge is 2.25. The van der Waals surface area contributed by atoms with E-state index in [1.807, 2.05) is 31.2 Å². The molecule has 140 valence electrons. The number of nitrogens with zero attached hydrogens (tertiary/aromatic N) is 2. The lowest BCUT2D eigenvalue weighted by Gasteiger charge is -2.35. The lowest BCUT2D eigenvalue weighted by Crippen LogP contribution is -2.50. The molecule has 1 aliphatic rings. The lowest BCUT2D eigenvalue weighted by atomic mass is 10.1. The molecule has 0 spiro atoms. The zero-order valence-electron chi connectivity index (χ0n) is 15.6. The maximum atomic E-state index is 12.7. The first-order chi connectivity index (χ1) is 12.9. The van der Waals surface area contributed by atoms with Gasteiger partial charge in [0.1, 0.15) is 0 Å². The van der Waals surface area contributed by atoms with E-state index in [1.165, 1.54) is 6.92 Å². The summed E-state index contributed by atoms with van der Waals surface area (Å²) in [6, 6.07) is 14.4. The molecule has 0 bridgehead atoms. The first kappa shape index (κ1) is 18.6. The number of anilines is 1. The van der Waals surface area contributed by atoms with Gasteiger partial charge < -0.3 is 15.1 Å². The van der Waals surface area contributed by atoms with Crippen molar-refractivity contribution >= 4 is 23.4 Å². The highest BCUT2D eigenvalue weighted by atomic mass is 16.2. The molecule has 0 radical (unpaired) electrons. The fourth-order valence-corrected chi connectivity index (χ4v) is 3.07. The quantitative estimate of drug-likeness (QED) is 0.909. The number of aryl methyl sites for hydroxylation is 1. The van der Waals surface area contributed by atoms with Crippen molar-refractivity contribution in [3.8, 4) is 0 Å². The summed E-state index contributed by atoms with van der Waals surface area (Å²) in [5.74, 6) is -0.211. The molecule has 0 aliphatic carbocycles. The van der Waals surface area contributed by atoms with Crippen molar-refractivity contribution in [1.29, 1.82) is 0 Å². The summed E-state index contributed by atoms with van der Waals surface area (Å²) in [7, 11) is 0. The lowest BCUT2D eigenvalue weighted by molar-refractivity contribution is -0.114. The normalized spacial score (nSPS) is 14.0. The van der Waals surface area contributed by atoms with Gasteiger partial charge in [-0.2, -0.15) is 0 Å². The molecular weight excluding hydrogens is 342 g/mol. The van der Waals surface area contributed by atoms with Gasteiger partial charge in [-0.25, -0.2) is 0 Å². The molecule has 6 heteroatoms. The van der Waals surface area contributed by atoms with Gasteiger partial charge >= 0.3 is 0 Å². The molecule has 0 saturated carbocycles. The Balaban J connectivity index is 1.58. The number of carbonyl (C=O) groups excluding carboxylic acids is 3. The Labute approximate surface area is 158 Å². The third-order valence-electron chi connectivity index (χ3n) is 4.60. The Morgan fingerprint density at radius 3 is 1.56 bits per heavy atom. The molecule has 2 aromatic rings. The SMILES string of the molecule is CC(=O)Nc1ccc(C(=O)N2CCN(C(=O)c3ccc(C)cc3)CC2)cc1. The van der Waals surface area contributed by atoms with E-state index in [-0.39, 0.29) is 17.7 Å². The summed E-state index contributed by atoms with van der Waals surface area (Å²) in [4.78, 5) is 39.8.